The second-order valence-corrected chi connectivity index (χ2v) is 6.00. The van der Waals surface area contributed by atoms with Gasteiger partial charge >= 0.3 is 0 Å². The number of anilines is 1. The maximum Gasteiger partial charge on any atom is 0.250 e. The topological polar surface area (TPSA) is 93.0 Å². The van der Waals surface area contributed by atoms with Crippen LogP contribution in [0, 0.1) is 0 Å². The van der Waals surface area contributed by atoms with Gasteiger partial charge in [-0.05, 0) is 29.3 Å². The zero-order chi connectivity index (χ0) is 13.3. The van der Waals surface area contributed by atoms with Crippen LogP contribution in [-0.4, -0.2) is 19.7 Å². The van der Waals surface area contributed by atoms with Crippen molar-refractivity contribution in [3.8, 4) is 11.1 Å². The number of hydrogen-bond donors (Lipinski definition) is 2. The summed E-state index contributed by atoms with van der Waals surface area (Å²) in [5.41, 5.74) is 6.64. The molecule has 2 rings (SSSR count). The van der Waals surface area contributed by atoms with Crippen molar-refractivity contribution >= 4 is 15.7 Å². The highest BCUT2D eigenvalue weighted by molar-refractivity contribution is 7.90. The summed E-state index contributed by atoms with van der Waals surface area (Å²) in [4.78, 5) is 14.0. The Balaban J connectivity index is 2.50. The van der Waals surface area contributed by atoms with Crippen LogP contribution < -0.4 is 11.3 Å². The molecule has 1 aromatic carbocycles. The lowest BCUT2D eigenvalue weighted by atomic mass is 10.1. The Morgan fingerprint density at radius 2 is 1.67 bits per heavy atom. The predicted octanol–water partition coefficient (Wildman–Crippen LogP) is 1.03. The molecule has 0 fully saturated rings. The van der Waals surface area contributed by atoms with Gasteiger partial charge < -0.3 is 10.7 Å². The quantitative estimate of drug-likeness (QED) is 0.847. The van der Waals surface area contributed by atoms with E-state index in [1.165, 1.54) is 18.2 Å². The molecule has 0 saturated heterocycles. The zero-order valence-electron chi connectivity index (χ0n) is 9.67. The molecule has 0 saturated carbocycles. The van der Waals surface area contributed by atoms with Crippen LogP contribution in [0.5, 0.6) is 0 Å². The van der Waals surface area contributed by atoms with Gasteiger partial charge in [0, 0.05) is 12.3 Å². The van der Waals surface area contributed by atoms with Crippen molar-refractivity contribution in [3.05, 3.63) is 46.8 Å². The summed E-state index contributed by atoms with van der Waals surface area (Å²) >= 11 is 0. The average molecular weight is 264 g/mol. The van der Waals surface area contributed by atoms with Gasteiger partial charge in [-0.2, -0.15) is 0 Å². The molecule has 3 N–H and O–H groups in total. The molecule has 0 radical (unpaired) electrons. The van der Waals surface area contributed by atoms with Crippen molar-refractivity contribution in [2.24, 2.45) is 0 Å². The number of nitrogens with one attached hydrogen (secondary N) is 1. The maximum absolute atomic E-state index is 11.3. The number of nitrogen functional groups attached to an aromatic ring is 1. The minimum absolute atomic E-state index is 0.240. The van der Waals surface area contributed by atoms with Crippen molar-refractivity contribution in [3.63, 3.8) is 0 Å². The molecule has 18 heavy (non-hydrogen) atoms. The Labute approximate surface area is 104 Å². The fourth-order valence-electron chi connectivity index (χ4n) is 1.63. The number of aromatic amines is 1. The van der Waals surface area contributed by atoms with Crippen molar-refractivity contribution in [2.75, 3.05) is 12.0 Å². The number of pyridine rings is 1. The van der Waals surface area contributed by atoms with E-state index in [2.05, 4.69) is 4.98 Å². The summed E-state index contributed by atoms with van der Waals surface area (Å²) in [7, 11) is -3.21. The molecular weight excluding hydrogens is 252 g/mol. The van der Waals surface area contributed by atoms with Crippen LogP contribution in [0.15, 0.2) is 46.1 Å². The number of hydrogen-bond acceptors (Lipinski definition) is 4. The van der Waals surface area contributed by atoms with E-state index in [1.807, 2.05) is 0 Å². The first-order valence-corrected chi connectivity index (χ1v) is 7.06. The van der Waals surface area contributed by atoms with E-state index in [0.717, 1.165) is 11.8 Å². The number of aromatic nitrogens is 1. The highest BCUT2D eigenvalue weighted by Gasteiger charge is 2.07. The lowest BCUT2D eigenvalue weighted by Crippen LogP contribution is -2.07. The molecule has 6 heteroatoms. The predicted molar refractivity (Wildman–Crippen MR) is 70.0 cm³/mol. The number of H-pyrrole nitrogens is 1. The Kier molecular flexibility index (Phi) is 2.96. The van der Waals surface area contributed by atoms with Gasteiger partial charge in [0.1, 0.15) is 5.82 Å². The van der Waals surface area contributed by atoms with Crippen molar-refractivity contribution in [2.45, 2.75) is 4.90 Å². The summed E-state index contributed by atoms with van der Waals surface area (Å²) < 4.78 is 22.6. The van der Waals surface area contributed by atoms with E-state index in [9.17, 15) is 13.2 Å². The van der Waals surface area contributed by atoms with Gasteiger partial charge in [0.05, 0.1) is 4.90 Å². The zero-order valence-corrected chi connectivity index (χ0v) is 10.5. The van der Waals surface area contributed by atoms with Crippen molar-refractivity contribution in [1.82, 2.24) is 4.98 Å². The summed E-state index contributed by atoms with van der Waals surface area (Å²) in [6.07, 6.45) is 1.15. The molecule has 1 heterocycles. The molecule has 0 aliphatic carbocycles. The van der Waals surface area contributed by atoms with Gasteiger partial charge in [-0.3, -0.25) is 4.79 Å². The van der Waals surface area contributed by atoms with Gasteiger partial charge in [-0.25, -0.2) is 8.42 Å². The Morgan fingerprint density at radius 3 is 2.17 bits per heavy atom. The molecular formula is C12H12N2O3S. The molecule has 5 nitrogen and oxygen atoms in total. The first kappa shape index (κ1) is 12.4. The lowest BCUT2D eigenvalue weighted by molar-refractivity contribution is 0.602. The molecule has 0 spiro atoms. The smallest absolute Gasteiger partial charge is 0.250 e. The SMILES string of the molecule is CS(=O)(=O)c1ccc(-c2cc(N)[nH]c(=O)c2)cc1. The van der Waals surface area contributed by atoms with E-state index in [1.54, 1.807) is 18.2 Å². The largest absolute Gasteiger partial charge is 0.385 e. The monoisotopic (exact) mass is 264 g/mol. The third-order valence-electron chi connectivity index (χ3n) is 2.48. The van der Waals surface area contributed by atoms with Gasteiger partial charge in [0.15, 0.2) is 9.84 Å². The molecule has 0 aliphatic rings. The number of rotatable bonds is 2. The molecule has 0 unspecified atom stereocenters. The van der Waals surface area contributed by atoms with E-state index >= 15 is 0 Å². The second kappa shape index (κ2) is 4.30. The van der Waals surface area contributed by atoms with Crippen LogP contribution >= 0.6 is 0 Å². The fraction of sp³-hybridized carbons (Fsp3) is 0.0833. The number of benzene rings is 1. The number of sulfone groups is 1. The normalized spacial score (nSPS) is 11.4. The highest BCUT2D eigenvalue weighted by Crippen LogP contribution is 2.21. The minimum atomic E-state index is -3.21. The molecule has 0 bridgehead atoms. The Hall–Kier alpha value is -2.08. The van der Waals surface area contributed by atoms with E-state index in [0.29, 0.717) is 5.56 Å². The maximum atomic E-state index is 11.3. The third kappa shape index (κ3) is 2.60. The van der Waals surface area contributed by atoms with E-state index in [-0.39, 0.29) is 16.3 Å². The second-order valence-electron chi connectivity index (χ2n) is 3.99. The van der Waals surface area contributed by atoms with Gasteiger partial charge in [0.25, 0.3) is 0 Å². The molecule has 0 atom stereocenters. The lowest BCUT2D eigenvalue weighted by Gasteiger charge is -2.04. The van der Waals surface area contributed by atoms with Crippen LogP contribution in [0.1, 0.15) is 0 Å². The van der Waals surface area contributed by atoms with E-state index in [4.69, 9.17) is 5.73 Å². The van der Waals surface area contributed by atoms with Crippen molar-refractivity contribution in [1.29, 1.82) is 0 Å². The van der Waals surface area contributed by atoms with Crippen LogP contribution in [0.3, 0.4) is 0 Å². The fourth-order valence-corrected chi connectivity index (χ4v) is 2.26. The van der Waals surface area contributed by atoms with Crippen LogP contribution in [0.4, 0.5) is 5.82 Å². The molecule has 0 amide bonds. The molecule has 1 aromatic heterocycles. The molecule has 2 aromatic rings. The Morgan fingerprint density at radius 1 is 1.06 bits per heavy atom. The van der Waals surface area contributed by atoms with Gasteiger partial charge in [-0.15, -0.1) is 0 Å². The average Bonchev–Trinajstić information content (AvgIpc) is 2.27. The third-order valence-corrected chi connectivity index (χ3v) is 3.61. The highest BCUT2D eigenvalue weighted by atomic mass is 32.2. The van der Waals surface area contributed by atoms with Crippen molar-refractivity contribution < 1.29 is 8.42 Å². The van der Waals surface area contributed by atoms with Crippen LogP contribution in [0.2, 0.25) is 0 Å². The first-order chi connectivity index (χ1) is 8.36. The molecule has 0 aliphatic heterocycles. The van der Waals surface area contributed by atoms with E-state index < -0.39 is 9.84 Å². The Bertz CT molecular complexity index is 731. The summed E-state index contributed by atoms with van der Waals surface area (Å²) in [6, 6.07) is 9.32. The van der Waals surface area contributed by atoms with Crippen LogP contribution in [-0.2, 0) is 9.84 Å². The summed E-state index contributed by atoms with van der Waals surface area (Å²) in [6.45, 7) is 0. The number of nitrogens with two attached hydrogens (primary N) is 1. The standard InChI is InChI=1S/C12H12N2O3S/c1-18(16,17)10-4-2-8(3-5-10)9-6-11(13)14-12(15)7-9/h2-7H,1H3,(H3,13,14,15). The van der Waals surface area contributed by atoms with Gasteiger partial charge in [-0.1, -0.05) is 12.1 Å². The summed E-state index contributed by atoms with van der Waals surface area (Å²) in [5.74, 6) is 0.268. The summed E-state index contributed by atoms with van der Waals surface area (Å²) in [5, 5.41) is 0. The molecule has 94 valence electrons. The minimum Gasteiger partial charge on any atom is -0.385 e. The van der Waals surface area contributed by atoms with Gasteiger partial charge in [0.2, 0.25) is 5.56 Å². The van der Waals surface area contributed by atoms with Crippen LogP contribution in [0.25, 0.3) is 11.1 Å². The first-order valence-electron chi connectivity index (χ1n) is 5.16.